The molecular weight excluding hydrogens is 210 g/mol. The average Bonchev–Trinajstić information content (AvgIpc) is 2.65. The first-order chi connectivity index (χ1) is 7.15. The van der Waals surface area contributed by atoms with E-state index in [1.165, 1.54) is 0 Å². The van der Waals surface area contributed by atoms with Crippen molar-refractivity contribution in [3.05, 3.63) is 24.0 Å². The van der Waals surface area contributed by atoms with E-state index in [1.807, 2.05) is 22.9 Å². The number of hydrogen-bond donors (Lipinski definition) is 2. The normalized spacial score (nSPS) is 9.93. The van der Waals surface area contributed by atoms with Gasteiger partial charge >= 0.3 is 0 Å². The zero-order valence-electron chi connectivity index (χ0n) is 8.69. The molecule has 4 nitrogen and oxygen atoms in total. The Labute approximate surface area is 94.5 Å². The third-order valence-corrected chi connectivity index (χ3v) is 2.37. The van der Waals surface area contributed by atoms with Gasteiger partial charge in [0, 0.05) is 26.2 Å². The van der Waals surface area contributed by atoms with Crippen LogP contribution in [0.3, 0.4) is 0 Å². The molecule has 1 rings (SSSR count). The van der Waals surface area contributed by atoms with Crippen LogP contribution in [0.15, 0.2) is 18.3 Å². The molecule has 0 aliphatic carbocycles. The summed E-state index contributed by atoms with van der Waals surface area (Å²) in [4.78, 5) is 11.4. The predicted octanol–water partition coefficient (Wildman–Crippen LogP) is 0.648. The average molecular weight is 225 g/mol. The molecule has 0 saturated heterocycles. The van der Waals surface area contributed by atoms with Crippen LogP contribution in [0.1, 0.15) is 18.5 Å². The maximum Gasteiger partial charge on any atom is 0.219 e. The Morgan fingerprint density at radius 3 is 3.00 bits per heavy atom. The van der Waals surface area contributed by atoms with Gasteiger partial charge in [0.05, 0.1) is 5.69 Å². The van der Waals surface area contributed by atoms with Gasteiger partial charge in [-0.3, -0.25) is 4.79 Å². The lowest BCUT2D eigenvalue weighted by molar-refractivity contribution is -0.120. The quantitative estimate of drug-likeness (QED) is 0.723. The van der Waals surface area contributed by atoms with E-state index in [1.54, 1.807) is 7.05 Å². The molecule has 0 saturated carbocycles. The summed E-state index contributed by atoms with van der Waals surface area (Å²) in [6.07, 6.45) is 3.22. The van der Waals surface area contributed by atoms with E-state index in [4.69, 9.17) is 18.0 Å². The summed E-state index contributed by atoms with van der Waals surface area (Å²) in [5.41, 5.74) is 6.40. The lowest BCUT2D eigenvalue weighted by Gasteiger charge is -2.07. The van der Waals surface area contributed by atoms with Gasteiger partial charge in [-0.1, -0.05) is 12.2 Å². The SMILES string of the molecule is CNC(=O)CCCn1cccc1C(N)=S. The van der Waals surface area contributed by atoms with Gasteiger partial charge in [-0.05, 0) is 18.6 Å². The number of thiocarbonyl (C=S) groups is 1. The van der Waals surface area contributed by atoms with Crippen LogP contribution >= 0.6 is 12.2 Å². The first kappa shape index (κ1) is 11.7. The number of amides is 1. The van der Waals surface area contributed by atoms with E-state index in [0.29, 0.717) is 11.4 Å². The molecule has 0 spiro atoms. The second kappa shape index (κ2) is 5.50. The third-order valence-electron chi connectivity index (χ3n) is 2.16. The van der Waals surface area contributed by atoms with Gasteiger partial charge in [-0.15, -0.1) is 0 Å². The molecule has 1 aromatic rings. The van der Waals surface area contributed by atoms with E-state index in [2.05, 4.69) is 5.32 Å². The highest BCUT2D eigenvalue weighted by Crippen LogP contribution is 2.04. The maximum absolute atomic E-state index is 11.0. The fourth-order valence-corrected chi connectivity index (χ4v) is 1.55. The highest BCUT2D eigenvalue weighted by atomic mass is 32.1. The molecule has 0 bridgehead atoms. The van der Waals surface area contributed by atoms with Crippen LogP contribution in [-0.4, -0.2) is 22.5 Å². The molecule has 15 heavy (non-hydrogen) atoms. The minimum absolute atomic E-state index is 0.0547. The number of aryl methyl sites for hydroxylation is 1. The van der Waals surface area contributed by atoms with Crippen molar-refractivity contribution in [3.8, 4) is 0 Å². The van der Waals surface area contributed by atoms with Gasteiger partial charge in [-0.2, -0.15) is 0 Å². The molecule has 0 unspecified atom stereocenters. The van der Waals surface area contributed by atoms with Crippen molar-refractivity contribution >= 4 is 23.1 Å². The zero-order chi connectivity index (χ0) is 11.3. The minimum Gasteiger partial charge on any atom is -0.388 e. The fraction of sp³-hybridized carbons (Fsp3) is 0.400. The number of carbonyl (C=O) groups is 1. The summed E-state index contributed by atoms with van der Waals surface area (Å²) in [7, 11) is 1.64. The number of hydrogen-bond acceptors (Lipinski definition) is 2. The molecule has 0 aliphatic heterocycles. The first-order valence-corrected chi connectivity index (χ1v) is 5.21. The Kier molecular flexibility index (Phi) is 4.30. The lowest BCUT2D eigenvalue weighted by atomic mass is 10.3. The smallest absolute Gasteiger partial charge is 0.219 e. The molecule has 1 heterocycles. The Bertz CT molecular complexity index is 359. The number of nitrogens with two attached hydrogens (primary N) is 1. The molecule has 0 aromatic carbocycles. The van der Waals surface area contributed by atoms with E-state index >= 15 is 0 Å². The molecule has 1 aromatic heterocycles. The molecular formula is C10H15N3OS. The van der Waals surface area contributed by atoms with E-state index in [9.17, 15) is 4.79 Å². The van der Waals surface area contributed by atoms with Crippen molar-refractivity contribution in [2.24, 2.45) is 5.73 Å². The third kappa shape index (κ3) is 3.36. The first-order valence-electron chi connectivity index (χ1n) is 4.80. The molecule has 5 heteroatoms. The van der Waals surface area contributed by atoms with Crippen molar-refractivity contribution in [2.45, 2.75) is 19.4 Å². The maximum atomic E-state index is 11.0. The van der Waals surface area contributed by atoms with Gasteiger partial charge in [0.25, 0.3) is 0 Å². The van der Waals surface area contributed by atoms with Crippen LogP contribution < -0.4 is 11.1 Å². The summed E-state index contributed by atoms with van der Waals surface area (Å²) in [5.74, 6) is 0.0547. The van der Waals surface area contributed by atoms with Crippen molar-refractivity contribution in [1.29, 1.82) is 0 Å². The highest BCUT2D eigenvalue weighted by Gasteiger charge is 2.04. The summed E-state index contributed by atoms with van der Waals surface area (Å²) in [6.45, 7) is 0.757. The number of rotatable bonds is 5. The number of carbonyl (C=O) groups excluding carboxylic acids is 1. The van der Waals surface area contributed by atoms with E-state index < -0.39 is 0 Å². The largest absolute Gasteiger partial charge is 0.388 e. The summed E-state index contributed by atoms with van der Waals surface area (Å²) in [5, 5.41) is 2.58. The van der Waals surface area contributed by atoms with Gasteiger partial charge in [0.15, 0.2) is 0 Å². The Morgan fingerprint density at radius 2 is 2.40 bits per heavy atom. The van der Waals surface area contributed by atoms with Gasteiger partial charge in [0.1, 0.15) is 4.99 Å². The second-order valence-electron chi connectivity index (χ2n) is 3.23. The van der Waals surface area contributed by atoms with Crippen LogP contribution in [0.5, 0.6) is 0 Å². The Morgan fingerprint density at radius 1 is 1.67 bits per heavy atom. The molecule has 82 valence electrons. The number of aromatic nitrogens is 1. The fourth-order valence-electron chi connectivity index (χ4n) is 1.37. The van der Waals surface area contributed by atoms with Gasteiger partial charge in [0.2, 0.25) is 5.91 Å². The van der Waals surface area contributed by atoms with Crippen LogP contribution in [0.25, 0.3) is 0 Å². The lowest BCUT2D eigenvalue weighted by Crippen LogP contribution is -2.19. The predicted molar refractivity (Wildman–Crippen MR) is 63.6 cm³/mol. The summed E-state index contributed by atoms with van der Waals surface area (Å²) in [6, 6.07) is 3.77. The van der Waals surface area contributed by atoms with Crippen LogP contribution in [0.4, 0.5) is 0 Å². The molecule has 0 atom stereocenters. The molecule has 0 radical (unpaired) electrons. The molecule has 0 aliphatic rings. The van der Waals surface area contributed by atoms with Crippen LogP contribution in [0, 0.1) is 0 Å². The van der Waals surface area contributed by atoms with Gasteiger partial charge in [-0.25, -0.2) is 0 Å². The van der Waals surface area contributed by atoms with Crippen LogP contribution in [0.2, 0.25) is 0 Å². The minimum atomic E-state index is 0.0547. The molecule has 1 amide bonds. The highest BCUT2D eigenvalue weighted by molar-refractivity contribution is 7.80. The van der Waals surface area contributed by atoms with Crippen molar-refractivity contribution in [1.82, 2.24) is 9.88 Å². The van der Waals surface area contributed by atoms with Crippen molar-refractivity contribution in [2.75, 3.05) is 7.05 Å². The molecule has 0 fully saturated rings. The topological polar surface area (TPSA) is 60.0 Å². The summed E-state index contributed by atoms with van der Waals surface area (Å²) >= 11 is 4.91. The van der Waals surface area contributed by atoms with E-state index in [-0.39, 0.29) is 5.91 Å². The van der Waals surface area contributed by atoms with Crippen molar-refractivity contribution < 1.29 is 4.79 Å². The zero-order valence-corrected chi connectivity index (χ0v) is 9.51. The van der Waals surface area contributed by atoms with Gasteiger partial charge < -0.3 is 15.6 Å². The molecule has 3 N–H and O–H groups in total. The monoisotopic (exact) mass is 225 g/mol. The second-order valence-corrected chi connectivity index (χ2v) is 3.67. The standard InChI is InChI=1S/C10H15N3OS/c1-12-9(14)5-3-7-13-6-2-4-8(13)10(11)15/h2,4,6H,3,5,7H2,1H3,(H2,11,15)(H,12,14). The Balaban J connectivity index is 2.47. The number of nitrogens with zero attached hydrogens (tertiary/aromatic N) is 1. The summed E-state index contributed by atoms with van der Waals surface area (Å²) < 4.78 is 1.96. The number of nitrogens with one attached hydrogen (secondary N) is 1. The van der Waals surface area contributed by atoms with Crippen molar-refractivity contribution in [3.63, 3.8) is 0 Å². The Hall–Kier alpha value is -1.36. The van der Waals surface area contributed by atoms with Crippen LogP contribution in [-0.2, 0) is 11.3 Å². The van der Waals surface area contributed by atoms with E-state index in [0.717, 1.165) is 18.7 Å².